The third kappa shape index (κ3) is 7.34. The second-order valence-corrected chi connectivity index (χ2v) is 8.33. The van der Waals surface area contributed by atoms with Crippen LogP contribution in [0.5, 0.6) is 0 Å². The van der Waals surface area contributed by atoms with Crippen molar-refractivity contribution in [3.05, 3.63) is 0 Å². The molecule has 3 amide bonds. The highest BCUT2D eigenvalue weighted by molar-refractivity contribution is 5.92. The zero-order valence-corrected chi connectivity index (χ0v) is 18.1. The Labute approximate surface area is 159 Å². The molecule has 0 saturated heterocycles. The Kier molecular flexibility index (Phi) is 10.5. The lowest BCUT2D eigenvalue weighted by Crippen LogP contribution is -2.56. The lowest BCUT2D eigenvalue weighted by atomic mass is 9.97. The molecule has 0 radical (unpaired) electrons. The average Bonchev–Trinajstić information content (AvgIpc) is 2.55. The van der Waals surface area contributed by atoms with E-state index in [2.05, 4.69) is 19.2 Å². The van der Waals surface area contributed by atoms with Gasteiger partial charge in [0.2, 0.25) is 17.7 Å². The summed E-state index contributed by atoms with van der Waals surface area (Å²) in [6.07, 6.45) is 1.81. The molecule has 0 rings (SSSR count). The molecule has 6 heteroatoms. The zero-order valence-electron chi connectivity index (χ0n) is 18.1. The molecule has 0 heterocycles. The van der Waals surface area contributed by atoms with Crippen molar-refractivity contribution in [1.29, 1.82) is 0 Å². The maximum Gasteiger partial charge on any atom is 0.245 e. The van der Waals surface area contributed by atoms with E-state index in [1.54, 1.807) is 26.0 Å². The Hall–Kier alpha value is -1.59. The quantitative estimate of drug-likeness (QED) is 0.643. The van der Waals surface area contributed by atoms with E-state index in [1.807, 2.05) is 27.7 Å². The maximum atomic E-state index is 13.2. The van der Waals surface area contributed by atoms with Crippen LogP contribution in [-0.2, 0) is 14.4 Å². The third-order valence-corrected chi connectivity index (χ3v) is 4.69. The number of nitrogens with zero attached hydrogens (tertiary/aromatic N) is 2. The fourth-order valence-corrected chi connectivity index (χ4v) is 3.08. The minimum absolute atomic E-state index is 0.0212. The predicted molar refractivity (Wildman–Crippen MR) is 106 cm³/mol. The van der Waals surface area contributed by atoms with Gasteiger partial charge in [-0.05, 0) is 30.6 Å². The molecule has 0 aromatic rings. The first-order valence-corrected chi connectivity index (χ1v) is 9.67. The summed E-state index contributed by atoms with van der Waals surface area (Å²) >= 11 is 0. The minimum atomic E-state index is -0.554. The Morgan fingerprint density at radius 1 is 0.885 bits per heavy atom. The highest BCUT2D eigenvalue weighted by Crippen LogP contribution is 2.19. The fourth-order valence-electron chi connectivity index (χ4n) is 3.08. The molecule has 2 atom stereocenters. The van der Waals surface area contributed by atoms with Crippen molar-refractivity contribution >= 4 is 17.7 Å². The first kappa shape index (κ1) is 24.4. The summed E-state index contributed by atoms with van der Waals surface area (Å²) in [6, 6.07) is -1.10. The van der Waals surface area contributed by atoms with Crippen LogP contribution in [0.4, 0.5) is 0 Å². The second-order valence-electron chi connectivity index (χ2n) is 8.33. The summed E-state index contributed by atoms with van der Waals surface area (Å²) < 4.78 is 0. The number of amides is 3. The summed E-state index contributed by atoms with van der Waals surface area (Å²) in [7, 11) is 4.93. The molecule has 1 N–H and O–H groups in total. The Bertz CT molecular complexity index is 475. The Morgan fingerprint density at radius 3 is 1.81 bits per heavy atom. The van der Waals surface area contributed by atoms with Crippen molar-refractivity contribution in [2.24, 2.45) is 17.8 Å². The monoisotopic (exact) mass is 369 g/mol. The molecule has 0 bridgehead atoms. The molecule has 0 aliphatic carbocycles. The SMILES string of the molecule is CNC(=O)C(C(C)C)N(C)C(=O)C(CC(C)C)N(C)C(=O)CCC(C)C. The topological polar surface area (TPSA) is 69.7 Å². The van der Waals surface area contributed by atoms with Crippen molar-refractivity contribution in [2.45, 2.75) is 72.9 Å². The summed E-state index contributed by atoms with van der Waals surface area (Å²) in [5, 5.41) is 2.63. The van der Waals surface area contributed by atoms with Crippen LogP contribution in [0.2, 0.25) is 0 Å². The molecule has 0 aliphatic rings. The van der Waals surface area contributed by atoms with Gasteiger partial charge in [0.1, 0.15) is 12.1 Å². The van der Waals surface area contributed by atoms with Crippen molar-refractivity contribution in [2.75, 3.05) is 21.1 Å². The molecule has 152 valence electrons. The van der Waals surface area contributed by atoms with Gasteiger partial charge < -0.3 is 15.1 Å². The van der Waals surface area contributed by atoms with Crippen LogP contribution >= 0.6 is 0 Å². The number of likely N-dealkylation sites (N-methyl/N-ethyl adjacent to an activating group) is 3. The predicted octanol–water partition coefficient (Wildman–Crippen LogP) is 2.52. The lowest BCUT2D eigenvalue weighted by Gasteiger charge is -2.36. The molecule has 0 aliphatic heterocycles. The summed E-state index contributed by atoms with van der Waals surface area (Å²) in [5.41, 5.74) is 0. The molecule has 0 fully saturated rings. The van der Waals surface area contributed by atoms with Gasteiger partial charge in [-0.3, -0.25) is 14.4 Å². The van der Waals surface area contributed by atoms with E-state index in [-0.39, 0.29) is 29.6 Å². The van der Waals surface area contributed by atoms with E-state index in [1.165, 1.54) is 4.90 Å². The minimum Gasteiger partial charge on any atom is -0.357 e. The van der Waals surface area contributed by atoms with Crippen LogP contribution in [0.15, 0.2) is 0 Å². The molecule has 0 aromatic heterocycles. The van der Waals surface area contributed by atoms with Crippen LogP contribution in [0.25, 0.3) is 0 Å². The van der Waals surface area contributed by atoms with E-state index in [0.29, 0.717) is 18.8 Å². The largest absolute Gasteiger partial charge is 0.357 e. The number of hydrogen-bond donors (Lipinski definition) is 1. The van der Waals surface area contributed by atoms with Gasteiger partial charge in [-0.25, -0.2) is 0 Å². The standard InChI is InChI=1S/C20H39N3O3/c1-13(2)10-11-17(24)22(8)16(12-14(3)4)20(26)23(9)18(15(5)6)19(25)21-7/h13-16,18H,10-12H2,1-9H3,(H,21,25). The van der Waals surface area contributed by atoms with Crippen LogP contribution in [-0.4, -0.2) is 60.7 Å². The lowest BCUT2D eigenvalue weighted by molar-refractivity contribution is -0.149. The molecule has 6 nitrogen and oxygen atoms in total. The molecule has 0 spiro atoms. The summed E-state index contributed by atoms with van der Waals surface area (Å²) in [6.45, 7) is 12.1. The van der Waals surface area contributed by atoms with Crippen molar-refractivity contribution in [1.82, 2.24) is 15.1 Å². The van der Waals surface area contributed by atoms with E-state index < -0.39 is 12.1 Å². The summed E-state index contributed by atoms with van der Waals surface area (Å²) in [4.78, 5) is 41.1. The molecule has 0 aromatic carbocycles. The highest BCUT2D eigenvalue weighted by atomic mass is 16.2. The molecular weight excluding hydrogens is 330 g/mol. The Balaban J connectivity index is 5.46. The molecule has 2 unspecified atom stereocenters. The fraction of sp³-hybridized carbons (Fsp3) is 0.850. The van der Waals surface area contributed by atoms with Gasteiger partial charge in [-0.2, -0.15) is 0 Å². The van der Waals surface area contributed by atoms with Gasteiger partial charge in [-0.1, -0.05) is 41.5 Å². The van der Waals surface area contributed by atoms with Gasteiger partial charge >= 0.3 is 0 Å². The van der Waals surface area contributed by atoms with Crippen LogP contribution < -0.4 is 5.32 Å². The zero-order chi connectivity index (χ0) is 20.6. The first-order chi connectivity index (χ1) is 11.9. The van der Waals surface area contributed by atoms with Crippen molar-refractivity contribution in [3.63, 3.8) is 0 Å². The van der Waals surface area contributed by atoms with E-state index in [0.717, 1.165) is 6.42 Å². The normalized spacial score (nSPS) is 13.7. The highest BCUT2D eigenvalue weighted by Gasteiger charge is 2.35. The van der Waals surface area contributed by atoms with Gasteiger partial charge in [0.15, 0.2) is 0 Å². The van der Waals surface area contributed by atoms with E-state index in [4.69, 9.17) is 0 Å². The first-order valence-electron chi connectivity index (χ1n) is 9.67. The van der Waals surface area contributed by atoms with Crippen LogP contribution in [0, 0.1) is 17.8 Å². The van der Waals surface area contributed by atoms with Gasteiger partial charge in [-0.15, -0.1) is 0 Å². The number of carbonyl (C=O) groups is 3. The third-order valence-electron chi connectivity index (χ3n) is 4.69. The smallest absolute Gasteiger partial charge is 0.245 e. The number of carbonyl (C=O) groups excluding carboxylic acids is 3. The van der Waals surface area contributed by atoms with Crippen LogP contribution in [0.1, 0.15) is 60.8 Å². The molecule has 0 saturated carbocycles. The van der Waals surface area contributed by atoms with E-state index in [9.17, 15) is 14.4 Å². The van der Waals surface area contributed by atoms with Crippen LogP contribution in [0.3, 0.4) is 0 Å². The van der Waals surface area contributed by atoms with E-state index >= 15 is 0 Å². The Morgan fingerprint density at radius 2 is 1.42 bits per heavy atom. The summed E-state index contributed by atoms with van der Waals surface area (Å²) in [5.74, 6) is 0.287. The van der Waals surface area contributed by atoms with Gasteiger partial charge in [0.25, 0.3) is 0 Å². The second kappa shape index (κ2) is 11.2. The van der Waals surface area contributed by atoms with Crippen molar-refractivity contribution in [3.8, 4) is 0 Å². The molecule has 26 heavy (non-hydrogen) atoms. The number of rotatable bonds is 10. The number of nitrogens with one attached hydrogen (secondary N) is 1. The molecular formula is C20H39N3O3. The average molecular weight is 370 g/mol. The maximum absolute atomic E-state index is 13.2. The number of hydrogen-bond acceptors (Lipinski definition) is 3. The van der Waals surface area contributed by atoms with Gasteiger partial charge in [0.05, 0.1) is 0 Å². The van der Waals surface area contributed by atoms with Crippen molar-refractivity contribution < 1.29 is 14.4 Å². The van der Waals surface area contributed by atoms with Gasteiger partial charge in [0, 0.05) is 27.6 Å².